The molecule has 4 nitrogen and oxygen atoms in total. The van der Waals surface area contributed by atoms with Crippen LogP contribution in [0.1, 0.15) is 24.2 Å². The SMILES string of the molecule is CC1C(=O)NCCN1C(C)C(=O)c1cccc(Cl)c1. The van der Waals surface area contributed by atoms with Crippen molar-refractivity contribution < 1.29 is 9.59 Å². The molecule has 2 rings (SSSR count). The topological polar surface area (TPSA) is 49.4 Å². The number of amides is 1. The zero-order chi connectivity index (χ0) is 14.0. The summed E-state index contributed by atoms with van der Waals surface area (Å²) in [7, 11) is 0. The number of piperazine rings is 1. The minimum atomic E-state index is -0.334. The summed E-state index contributed by atoms with van der Waals surface area (Å²) in [4.78, 5) is 26.0. The molecule has 2 unspecified atom stereocenters. The summed E-state index contributed by atoms with van der Waals surface area (Å²) in [6.45, 7) is 4.91. The lowest BCUT2D eigenvalue weighted by molar-refractivity contribution is -0.128. The summed E-state index contributed by atoms with van der Waals surface area (Å²) in [5.41, 5.74) is 0.582. The van der Waals surface area contributed by atoms with Crippen LogP contribution in [-0.4, -0.2) is 41.8 Å². The quantitative estimate of drug-likeness (QED) is 0.858. The van der Waals surface area contributed by atoms with Gasteiger partial charge >= 0.3 is 0 Å². The zero-order valence-electron chi connectivity index (χ0n) is 11.0. The van der Waals surface area contributed by atoms with Crippen LogP contribution < -0.4 is 5.32 Å². The molecule has 1 aromatic rings. The summed E-state index contributed by atoms with van der Waals surface area (Å²) in [6, 6.07) is 6.29. The molecule has 0 spiro atoms. The molecule has 0 saturated carbocycles. The third-order valence-electron chi connectivity index (χ3n) is 3.53. The third-order valence-corrected chi connectivity index (χ3v) is 3.77. The highest BCUT2D eigenvalue weighted by molar-refractivity contribution is 6.31. The molecule has 1 aromatic carbocycles. The van der Waals surface area contributed by atoms with Crippen LogP contribution >= 0.6 is 11.6 Å². The predicted octanol–water partition coefficient (Wildman–Crippen LogP) is 1.73. The fourth-order valence-electron chi connectivity index (χ4n) is 2.36. The minimum absolute atomic E-state index is 0.0101. The van der Waals surface area contributed by atoms with Crippen LogP contribution in [0.4, 0.5) is 0 Å². The van der Waals surface area contributed by atoms with Gasteiger partial charge in [0.05, 0.1) is 12.1 Å². The van der Waals surface area contributed by atoms with Crippen molar-refractivity contribution >= 4 is 23.3 Å². The van der Waals surface area contributed by atoms with E-state index in [1.807, 2.05) is 18.7 Å². The summed E-state index contributed by atoms with van der Waals surface area (Å²) >= 11 is 5.90. The van der Waals surface area contributed by atoms with Gasteiger partial charge in [-0.1, -0.05) is 23.7 Å². The van der Waals surface area contributed by atoms with Crippen LogP contribution in [0.25, 0.3) is 0 Å². The molecule has 5 heteroatoms. The number of nitrogens with zero attached hydrogens (tertiary/aromatic N) is 1. The Labute approximate surface area is 117 Å². The fourth-order valence-corrected chi connectivity index (χ4v) is 2.55. The largest absolute Gasteiger partial charge is 0.353 e. The number of nitrogens with one attached hydrogen (secondary N) is 1. The maximum Gasteiger partial charge on any atom is 0.237 e. The fraction of sp³-hybridized carbons (Fsp3) is 0.429. The van der Waals surface area contributed by atoms with Gasteiger partial charge in [0.15, 0.2) is 5.78 Å². The molecule has 1 heterocycles. The van der Waals surface area contributed by atoms with E-state index >= 15 is 0 Å². The number of Topliss-reactive ketones (excluding diaryl/α,β-unsaturated/α-hetero) is 1. The molecular formula is C14H17ClN2O2. The molecule has 102 valence electrons. The van der Waals surface area contributed by atoms with E-state index < -0.39 is 0 Å². The van der Waals surface area contributed by atoms with Gasteiger partial charge in [-0.2, -0.15) is 0 Å². The number of carbonyl (C=O) groups is 2. The van der Waals surface area contributed by atoms with Crippen LogP contribution in [-0.2, 0) is 4.79 Å². The van der Waals surface area contributed by atoms with Gasteiger partial charge in [0.1, 0.15) is 0 Å². The highest BCUT2D eigenvalue weighted by Gasteiger charge is 2.32. The number of ketones is 1. The van der Waals surface area contributed by atoms with Gasteiger partial charge in [0, 0.05) is 23.7 Å². The number of rotatable bonds is 3. The van der Waals surface area contributed by atoms with Crippen LogP contribution in [0.3, 0.4) is 0 Å². The van der Waals surface area contributed by atoms with E-state index in [2.05, 4.69) is 5.32 Å². The Balaban J connectivity index is 2.17. The minimum Gasteiger partial charge on any atom is -0.353 e. The molecule has 2 atom stereocenters. The van der Waals surface area contributed by atoms with Crippen LogP contribution in [0, 0.1) is 0 Å². The second-order valence-corrected chi connectivity index (χ2v) is 5.19. The van der Waals surface area contributed by atoms with E-state index in [1.165, 1.54) is 0 Å². The lowest BCUT2D eigenvalue weighted by atomic mass is 10.0. The van der Waals surface area contributed by atoms with Crippen molar-refractivity contribution in [2.45, 2.75) is 25.9 Å². The average Bonchev–Trinajstić information content (AvgIpc) is 2.40. The summed E-state index contributed by atoms with van der Waals surface area (Å²) in [5, 5.41) is 3.34. The van der Waals surface area contributed by atoms with E-state index in [9.17, 15) is 9.59 Å². The molecule has 1 saturated heterocycles. The second-order valence-electron chi connectivity index (χ2n) is 4.76. The van der Waals surface area contributed by atoms with Gasteiger partial charge in [-0.3, -0.25) is 14.5 Å². The van der Waals surface area contributed by atoms with Crippen molar-refractivity contribution in [1.29, 1.82) is 0 Å². The molecule has 1 aliphatic rings. The Morgan fingerprint density at radius 2 is 2.26 bits per heavy atom. The Bertz CT molecular complexity index is 504. The van der Waals surface area contributed by atoms with Gasteiger partial charge in [-0.15, -0.1) is 0 Å². The standard InChI is InChI=1S/C14H17ClN2O2/c1-9(17-7-6-16-14(19)10(17)2)13(18)11-4-3-5-12(15)8-11/h3-5,8-10H,6-7H2,1-2H3,(H,16,19). The Morgan fingerprint density at radius 3 is 2.95 bits per heavy atom. The van der Waals surface area contributed by atoms with E-state index in [4.69, 9.17) is 11.6 Å². The average molecular weight is 281 g/mol. The molecule has 0 bridgehead atoms. The number of halogens is 1. The Morgan fingerprint density at radius 1 is 1.53 bits per heavy atom. The molecule has 0 radical (unpaired) electrons. The Kier molecular flexibility index (Phi) is 4.22. The van der Waals surface area contributed by atoms with Gasteiger partial charge in [0.25, 0.3) is 0 Å². The lowest BCUT2D eigenvalue weighted by Gasteiger charge is -2.36. The first kappa shape index (κ1) is 14.0. The van der Waals surface area contributed by atoms with E-state index in [-0.39, 0.29) is 23.8 Å². The first-order valence-corrected chi connectivity index (χ1v) is 6.71. The van der Waals surface area contributed by atoms with Crippen molar-refractivity contribution in [3.05, 3.63) is 34.9 Å². The molecule has 1 amide bonds. The highest BCUT2D eigenvalue weighted by atomic mass is 35.5. The molecule has 1 aliphatic heterocycles. The van der Waals surface area contributed by atoms with Crippen molar-refractivity contribution in [3.63, 3.8) is 0 Å². The third kappa shape index (κ3) is 2.96. The Hall–Kier alpha value is -1.39. The number of benzene rings is 1. The molecule has 0 aliphatic carbocycles. The number of hydrogen-bond donors (Lipinski definition) is 1. The molecule has 1 fully saturated rings. The summed E-state index contributed by atoms with van der Waals surface area (Å²) in [5.74, 6) is -0.0407. The number of hydrogen-bond acceptors (Lipinski definition) is 3. The van der Waals surface area contributed by atoms with Gasteiger partial charge in [0.2, 0.25) is 5.91 Å². The van der Waals surface area contributed by atoms with Crippen LogP contribution in [0.2, 0.25) is 5.02 Å². The second kappa shape index (κ2) is 5.72. The normalized spacial score (nSPS) is 21.8. The lowest BCUT2D eigenvalue weighted by Crippen LogP contribution is -2.58. The summed E-state index contributed by atoms with van der Waals surface area (Å²) < 4.78 is 0. The first-order chi connectivity index (χ1) is 9.00. The van der Waals surface area contributed by atoms with E-state index in [1.54, 1.807) is 24.3 Å². The molecule has 19 heavy (non-hydrogen) atoms. The molecule has 1 N–H and O–H groups in total. The van der Waals surface area contributed by atoms with Crippen molar-refractivity contribution in [2.24, 2.45) is 0 Å². The number of carbonyl (C=O) groups excluding carboxylic acids is 2. The predicted molar refractivity (Wildman–Crippen MR) is 74.4 cm³/mol. The van der Waals surface area contributed by atoms with Crippen molar-refractivity contribution in [3.8, 4) is 0 Å². The smallest absolute Gasteiger partial charge is 0.237 e. The van der Waals surface area contributed by atoms with Crippen molar-refractivity contribution in [1.82, 2.24) is 10.2 Å². The zero-order valence-corrected chi connectivity index (χ0v) is 11.8. The van der Waals surface area contributed by atoms with Crippen LogP contribution in [0.15, 0.2) is 24.3 Å². The molecular weight excluding hydrogens is 264 g/mol. The van der Waals surface area contributed by atoms with E-state index in [0.717, 1.165) is 0 Å². The first-order valence-electron chi connectivity index (χ1n) is 6.34. The molecule has 0 aromatic heterocycles. The maximum atomic E-state index is 12.4. The monoisotopic (exact) mass is 280 g/mol. The van der Waals surface area contributed by atoms with Gasteiger partial charge in [-0.25, -0.2) is 0 Å². The maximum absolute atomic E-state index is 12.4. The van der Waals surface area contributed by atoms with Crippen LogP contribution in [0.5, 0.6) is 0 Å². The van der Waals surface area contributed by atoms with Crippen molar-refractivity contribution in [2.75, 3.05) is 13.1 Å². The van der Waals surface area contributed by atoms with Gasteiger partial charge < -0.3 is 5.32 Å². The van der Waals surface area contributed by atoms with Gasteiger partial charge in [-0.05, 0) is 26.0 Å². The highest BCUT2D eigenvalue weighted by Crippen LogP contribution is 2.17. The summed E-state index contributed by atoms with van der Waals surface area (Å²) in [6.07, 6.45) is 0. The van der Waals surface area contributed by atoms with E-state index in [0.29, 0.717) is 23.7 Å².